The lowest BCUT2D eigenvalue weighted by Gasteiger charge is -2.35. The second-order valence-corrected chi connectivity index (χ2v) is 7.31. The molecule has 18 heavy (non-hydrogen) atoms. The van der Waals surface area contributed by atoms with Gasteiger partial charge in [-0.3, -0.25) is 0 Å². The van der Waals surface area contributed by atoms with Crippen molar-refractivity contribution in [2.45, 2.75) is 61.6 Å². The van der Waals surface area contributed by atoms with Crippen LogP contribution in [0.25, 0.3) is 0 Å². The van der Waals surface area contributed by atoms with Crippen LogP contribution in [0, 0.1) is 5.92 Å². The van der Waals surface area contributed by atoms with Gasteiger partial charge in [0.2, 0.25) is 0 Å². The smallest absolute Gasteiger partial charge is 0.174 e. The minimum Gasteiger partial charge on any atom is -0.313 e. The summed E-state index contributed by atoms with van der Waals surface area (Å²) in [5.41, 5.74) is 1.83. The molecule has 1 saturated carbocycles. The van der Waals surface area contributed by atoms with E-state index < -0.39 is 0 Å². The van der Waals surface area contributed by atoms with Gasteiger partial charge in [0.1, 0.15) is 5.51 Å². The molecule has 0 aromatic carbocycles. The number of nitrogens with zero attached hydrogens (tertiary/aromatic N) is 2. The van der Waals surface area contributed by atoms with Gasteiger partial charge in [-0.25, -0.2) is 0 Å². The summed E-state index contributed by atoms with van der Waals surface area (Å²) in [4.78, 5) is 0. The van der Waals surface area contributed by atoms with E-state index in [9.17, 15) is 0 Å². The van der Waals surface area contributed by atoms with Crippen LogP contribution in [0.15, 0.2) is 9.85 Å². The van der Waals surface area contributed by atoms with Gasteiger partial charge in [-0.1, -0.05) is 49.8 Å². The molecule has 5 heteroatoms. The van der Waals surface area contributed by atoms with E-state index in [0.717, 1.165) is 16.8 Å². The molecule has 1 heterocycles. The van der Waals surface area contributed by atoms with Crippen molar-refractivity contribution in [2.75, 3.05) is 6.54 Å². The quantitative estimate of drug-likeness (QED) is 0.867. The van der Waals surface area contributed by atoms with E-state index in [2.05, 4.69) is 29.4 Å². The number of aromatic nitrogens is 2. The fourth-order valence-electron chi connectivity index (χ4n) is 2.85. The molecular formula is C13H23N3S2. The Hall–Kier alpha value is -0.130. The highest BCUT2D eigenvalue weighted by Crippen LogP contribution is 2.38. The average Bonchev–Trinajstić information content (AvgIpc) is 2.86. The average molecular weight is 285 g/mol. The van der Waals surface area contributed by atoms with E-state index in [4.69, 9.17) is 0 Å². The first kappa shape index (κ1) is 14.3. The summed E-state index contributed by atoms with van der Waals surface area (Å²) < 4.78 is 1.13. The number of hydrogen-bond acceptors (Lipinski definition) is 5. The minimum atomic E-state index is 0.650. The molecule has 0 spiro atoms. The van der Waals surface area contributed by atoms with Crippen LogP contribution in [0.5, 0.6) is 0 Å². The van der Waals surface area contributed by atoms with Crippen LogP contribution in [0.1, 0.15) is 46.0 Å². The van der Waals surface area contributed by atoms with Crippen molar-refractivity contribution in [3.63, 3.8) is 0 Å². The highest BCUT2D eigenvalue weighted by molar-refractivity contribution is 8.01. The normalized spacial score (nSPS) is 28.4. The SMILES string of the molecule is CCCC1CCC(NCC)C(Sc2nncs2)C1. The van der Waals surface area contributed by atoms with Crippen molar-refractivity contribution in [1.82, 2.24) is 15.5 Å². The van der Waals surface area contributed by atoms with Crippen LogP contribution < -0.4 is 5.32 Å². The second-order valence-electron chi connectivity index (χ2n) is 4.99. The third-order valence-corrected chi connectivity index (χ3v) is 5.82. The lowest BCUT2D eigenvalue weighted by molar-refractivity contribution is 0.289. The van der Waals surface area contributed by atoms with Gasteiger partial charge in [-0.15, -0.1) is 10.2 Å². The van der Waals surface area contributed by atoms with Crippen molar-refractivity contribution in [3.05, 3.63) is 5.51 Å². The highest BCUT2D eigenvalue weighted by atomic mass is 32.2. The molecule has 102 valence electrons. The number of hydrogen-bond donors (Lipinski definition) is 1. The van der Waals surface area contributed by atoms with Gasteiger partial charge < -0.3 is 5.32 Å². The molecule has 1 aliphatic rings. The Balaban J connectivity index is 1.95. The molecule has 0 aliphatic heterocycles. The van der Waals surface area contributed by atoms with Gasteiger partial charge in [0.15, 0.2) is 4.34 Å². The van der Waals surface area contributed by atoms with E-state index in [1.807, 2.05) is 17.3 Å². The molecule has 2 rings (SSSR count). The Bertz CT molecular complexity index is 329. The zero-order valence-electron chi connectivity index (χ0n) is 11.3. The summed E-state index contributed by atoms with van der Waals surface area (Å²) in [6.07, 6.45) is 6.72. The summed E-state index contributed by atoms with van der Waals surface area (Å²) >= 11 is 3.60. The van der Waals surface area contributed by atoms with Crippen molar-refractivity contribution in [3.8, 4) is 0 Å². The van der Waals surface area contributed by atoms with Crippen molar-refractivity contribution in [1.29, 1.82) is 0 Å². The van der Waals surface area contributed by atoms with E-state index in [0.29, 0.717) is 11.3 Å². The summed E-state index contributed by atoms with van der Waals surface area (Å²) in [7, 11) is 0. The zero-order valence-corrected chi connectivity index (χ0v) is 12.9. The molecule has 3 atom stereocenters. The van der Waals surface area contributed by atoms with Gasteiger partial charge in [0.25, 0.3) is 0 Å². The summed E-state index contributed by atoms with van der Waals surface area (Å²) in [6, 6.07) is 0.650. The Morgan fingerprint density at radius 3 is 3.00 bits per heavy atom. The lowest BCUT2D eigenvalue weighted by Crippen LogP contribution is -2.42. The predicted molar refractivity (Wildman–Crippen MR) is 79.3 cm³/mol. The maximum Gasteiger partial charge on any atom is 0.174 e. The van der Waals surface area contributed by atoms with E-state index in [-0.39, 0.29) is 0 Å². The topological polar surface area (TPSA) is 37.8 Å². The maximum atomic E-state index is 4.18. The summed E-state index contributed by atoms with van der Waals surface area (Å²) in [5.74, 6) is 0.912. The third-order valence-electron chi connectivity index (χ3n) is 3.66. The van der Waals surface area contributed by atoms with Gasteiger partial charge in [0, 0.05) is 11.3 Å². The molecule has 1 aromatic heterocycles. The number of rotatable bonds is 6. The first-order valence-corrected chi connectivity index (χ1v) is 8.75. The Morgan fingerprint density at radius 1 is 1.44 bits per heavy atom. The summed E-state index contributed by atoms with van der Waals surface area (Å²) in [6.45, 7) is 5.56. The molecule has 3 unspecified atom stereocenters. The highest BCUT2D eigenvalue weighted by Gasteiger charge is 2.30. The van der Waals surface area contributed by atoms with E-state index in [1.54, 1.807) is 11.3 Å². The first-order chi connectivity index (χ1) is 8.83. The van der Waals surface area contributed by atoms with Gasteiger partial charge in [-0.05, 0) is 31.7 Å². The van der Waals surface area contributed by atoms with Crippen molar-refractivity contribution in [2.24, 2.45) is 5.92 Å². The first-order valence-electron chi connectivity index (χ1n) is 6.99. The minimum absolute atomic E-state index is 0.650. The largest absolute Gasteiger partial charge is 0.313 e. The zero-order chi connectivity index (χ0) is 12.8. The molecule has 3 nitrogen and oxygen atoms in total. The molecular weight excluding hydrogens is 262 g/mol. The maximum absolute atomic E-state index is 4.18. The Kier molecular flexibility index (Phi) is 5.92. The van der Waals surface area contributed by atoms with Crippen molar-refractivity contribution >= 4 is 23.1 Å². The molecule has 1 N–H and O–H groups in total. The fraction of sp³-hybridized carbons (Fsp3) is 0.846. The van der Waals surface area contributed by atoms with Gasteiger partial charge in [-0.2, -0.15) is 0 Å². The second kappa shape index (κ2) is 7.46. The molecule has 1 fully saturated rings. The van der Waals surface area contributed by atoms with Crippen LogP contribution in [0.2, 0.25) is 0 Å². The monoisotopic (exact) mass is 285 g/mol. The number of nitrogens with one attached hydrogen (secondary N) is 1. The van der Waals surface area contributed by atoms with Crippen LogP contribution in [0.3, 0.4) is 0 Å². The fourth-order valence-corrected chi connectivity index (χ4v) is 4.97. The summed E-state index contributed by atoms with van der Waals surface area (Å²) in [5, 5.41) is 12.4. The standard InChI is InChI=1S/C13H23N3S2/c1-3-5-10-6-7-11(14-4-2)12(8-10)18-13-16-15-9-17-13/h9-12,14H,3-8H2,1-2H3. The molecule has 1 aliphatic carbocycles. The van der Waals surface area contributed by atoms with Gasteiger partial charge in [0.05, 0.1) is 0 Å². The van der Waals surface area contributed by atoms with Crippen LogP contribution in [-0.2, 0) is 0 Å². The van der Waals surface area contributed by atoms with Crippen molar-refractivity contribution < 1.29 is 0 Å². The number of thioether (sulfide) groups is 1. The molecule has 1 aromatic rings. The van der Waals surface area contributed by atoms with E-state index >= 15 is 0 Å². The molecule has 0 amide bonds. The van der Waals surface area contributed by atoms with Crippen LogP contribution in [-0.4, -0.2) is 28.0 Å². The van der Waals surface area contributed by atoms with Crippen LogP contribution >= 0.6 is 23.1 Å². The molecule has 0 bridgehead atoms. The van der Waals surface area contributed by atoms with E-state index in [1.165, 1.54) is 32.1 Å². The van der Waals surface area contributed by atoms with Crippen LogP contribution in [0.4, 0.5) is 0 Å². The lowest BCUT2D eigenvalue weighted by atomic mass is 9.83. The Morgan fingerprint density at radius 2 is 2.33 bits per heavy atom. The molecule has 0 saturated heterocycles. The van der Waals surface area contributed by atoms with Gasteiger partial charge >= 0.3 is 0 Å². The third kappa shape index (κ3) is 3.93. The Labute approximate surface area is 118 Å². The molecule has 0 radical (unpaired) electrons. The predicted octanol–water partition coefficient (Wildman–Crippen LogP) is 3.58.